The van der Waals surface area contributed by atoms with Crippen LogP contribution in [0.1, 0.15) is 37.7 Å². The van der Waals surface area contributed by atoms with Crippen molar-refractivity contribution in [2.75, 3.05) is 5.32 Å². The summed E-state index contributed by atoms with van der Waals surface area (Å²) in [6.45, 7) is 0. The molecule has 1 amide bonds. The van der Waals surface area contributed by atoms with Gasteiger partial charge in [-0.15, -0.1) is 0 Å². The highest BCUT2D eigenvalue weighted by Gasteiger charge is 2.42. The average molecular weight is 287 g/mol. The maximum absolute atomic E-state index is 12.4. The van der Waals surface area contributed by atoms with Gasteiger partial charge in [-0.3, -0.25) is 9.59 Å². The summed E-state index contributed by atoms with van der Waals surface area (Å²) in [5, 5.41) is 11.7. The van der Waals surface area contributed by atoms with E-state index in [-0.39, 0.29) is 18.2 Å². The highest BCUT2D eigenvalue weighted by atomic mass is 16.4. The van der Waals surface area contributed by atoms with Gasteiger partial charge in [0.2, 0.25) is 5.91 Å². The number of carboxylic acids is 1. The van der Waals surface area contributed by atoms with Crippen LogP contribution in [0.15, 0.2) is 24.3 Å². The third-order valence-corrected chi connectivity index (χ3v) is 4.90. The van der Waals surface area contributed by atoms with E-state index in [1.807, 2.05) is 24.3 Å². The van der Waals surface area contributed by atoms with Gasteiger partial charge in [-0.1, -0.05) is 18.6 Å². The van der Waals surface area contributed by atoms with E-state index in [1.54, 1.807) is 0 Å². The molecule has 1 aromatic carbocycles. The van der Waals surface area contributed by atoms with E-state index in [4.69, 9.17) is 5.11 Å². The summed E-state index contributed by atoms with van der Waals surface area (Å²) in [6, 6.07) is 7.52. The van der Waals surface area contributed by atoms with E-state index >= 15 is 0 Å². The Morgan fingerprint density at radius 3 is 2.76 bits per heavy atom. The lowest BCUT2D eigenvalue weighted by atomic mass is 9.88. The van der Waals surface area contributed by atoms with Crippen molar-refractivity contribution >= 4 is 17.6 Å². The molecule has 3 rings (SSSR count). The van der Waals surface area contributed by atoms with Crippen LogP contribution in [0.3, 0.4) is 0 Å². The number of rotatable bonds is 5. The van der Waals surface area contributed by atoms with Crippen LogP contribution in [-0.4, -0.2) is 17.0 Å². The van der Waals surface area contributed by atoms with Crippen molar-refractivity contribution in [1.82, 2.24) is 0 Å². The number of hydrogen-bond acceptors (Lipinski definition) is 2. The normalized spacial score (nSPS) is 26.8. The lowest BCUT2D eigenvalue weighted by Gasteiger charge is -2.20. The Bertz CT molecular complexity index is 555. The summed E-state index contributed by atoms with van der Waals surface area (Å²) in [6.07, 6.45) is 5.35. The molecule has 0 aliphatic heterocycles. The van der Waals surface area contributed by atoms with Crippen molar-refractivity contribution in [2.45, 2.75) is 38.5 Å². The number of hydrogen-bond donors (Lipinski definition) is 2. The predicted octanol–water partition coefficient (Wildman–Crippen LogP) is 3.08. The number of carbonyl (C=O) groups is 2. The molecular formula is C17H21NO3. The van der Waals surface area contributed by atoms with Gasteiger partial charge in [0.05, 0.1) is 0 Å². The van der Waals surface area contributed by atoms with E-state index in [0.29, 0.717) is 12.3 Å². The highest BCUT2D eigenvalue weighted by molar-refractivity contribution is 5.93. The zero-order valence-electron chi connectivity index (χ0n) is 12.0. The van der Waals surface area contributed by atoms with Crippen LogP contribution in [-0.2, 0) is 16.0 Å². The molecule has 2 N–H and O–H groups in total. The lowest BCUT2D eigenvalue weighted by molar-refractivity contribution is -0.137. The molecule has 0 spiro atoms. The molecule has 0 saturated heterocycles. The van der Waals surface area contributed by atoms with Crippen LogP contribution < -0.4 is 5.32 Å². The largest absolute Gasteiger partial charge is 0.481 e. The Balaban J connectivity index is 1.60. The zero-order chi connectivity index (χ0) is 14.8. The molecular weight excluding hydrogens is 266 g/mol. The van der Waals surface area contributed by atoms with Crippen LogP contribution in [0, 0.1) is 17.8 Å². The standard InChI is InChI=1S/C17H21NO3/c19-16(20)7-5-11-2-1-3-14(9-11)18-17(21)15-10-12-4-6-13(15)8-12/h1-3,9,12-13,15H,4-8,10H2,(H,18,21)(H,19,20). The topological polar surface area (TPSA) is 66.4 Å². The van der Waals surface area contributed by atoms with Crippen LogP contribution in [0.2, 0.25) is 0 Å². The summed E-state index contributed by atoms with van der Waals surface area (Å²) < 4.78 is 0. The highest BCUT2D eigenvalue weighted by Crippen LogP contribution is 2.48. The molecule has 2 fully saturated rings. The summed E-state index contributed by atoms with van der Waals surface area (Å²) in [7, 11) is 0. The van der Waals surface area contributed by atoms with Crippen LogP contribution >= 0.6 is 0 Å². The van der Waals surface area contributed by atoms with Gasteiger partial charge in [0.25, 0.3) is 0 Å². The summed E-state index contributed by atoms with van der Waals surface area (Å²) in [5.41, 5.74) is 1.73. The van der Waals surface area contributed by atoms with Gasteiger partial charge in [0.15, 0.2) is 0 Å². The monoisotopic (exact) mass is 287 g/mol. The number of amides is 1. The number of anilines is 1. The second-order valence-electron chi connectivity index (χ2n) is 6.36. The fourth-order valence-corrected chi connectivity index (χ4v) is 3.86. The van der Waals surface area contributed by atoms with Gasteiger partial charge in [0, 0.05) is 18.0 Å². The second kappa shape index (κ2) is 5.88. The van der Waals surface area contributed by atoms with Gasteiger partial charge in [-0.25, -0.2) is 0 Å². The fourth-order valence-electron chi connectivity index (χ4n) is 3.86. The summed E-state index contributed by atoms with van der Waals surface area (Å²) >= 11 is 0. The van der Waals surface area contributed by atoms with Gasteiger partial charge >= 0.3 is 5.97 Å². The fraction of sp³-hybridized carbons (Fsp3) is 0.529. The number of fused-ring (bicyclic) bond motifs is 2. The minimum Gasteiger partial charge on any atom is -0.481 e. The molecule has 2 saturated carbocycles. The molecule has 2 aliphatic rings. The van der Waals surface area contributed by atoms with E-state index in [2.05, 4.69) is 5.32 Å². The minimum absolute atomic E-state index is 0.115. The first-order valence-electron chi connectivity index (χ1n) is 7.73. The molecule has 3 unspecified atom stereocenters. The van der Waals surface area contributed by atoms with Gasteiger partial charge < -0.3 is 10.4 Å². The molecule has 0 radical (unpaired) electrons. The van der Waals surface area contributed by atoms with Crippen molar-refractivity contribution in [3.63, 3.8) is 0 Å². The molecule has 112 valence electrons. The van der Waals surface area contributed by atoms with Crippen LogP contribution in [0.4, 0.5) is 5.69 Å². The summed E-state index contributed by atoms with van der Waals surface area (Å²) in [5.74, 6) is 0.841. The SMILES string of the molecule is O=C(O)CCc1cccc(NC(=O)C2CC3CCC2C3)c1. The number of benzene rings is 1. The molecule has 0 heterocycles. The van der Waals surface area contributed by atoms with Gasteiger partial charge in [0.1, 0.15) is 0 Å². The quantitative estimate of drug-likeness (QED) is 0.874. The number of aliphatic carboxylic acids is 1. The van der Waals surface area contributed by atoms with Crippen molar-refractivity contribution in [3.8, 4) is 0 Å². The van der Waals surface area contributed by atoms with Crippen LogP contribution in [0.25, 0.3) is 0 Å². The number of carboxylic acid groups (broad SMARTS) is 1. The second-order valence-corrected chi connectivity index (χ2v) is 6.36. The Morgan fingerprint density at radius 2 is 2.10 bits per heavy atom. The Kier molecular flexibility index (Phi) is 3.95. The van der Waals surface area contributed by atoms with Crippen molar-refractivity contribution in [2.24, 2.45) is 17.8 Å². The molecule has 2 aliphatic carbocycles. The van der Waals surface area contributed by atoms with E-state index in [1.165, 1.54) is 19.3 Å². The van der Waals surface area contributed by atoms with Crippen LogP contribution in [0.5, 0.6) is 0 Å². The van der Waals surface area contributed by atoms with E-state index < -0.39 is 5.97 Å². The number of nitrogens with one attached hydrogen (secondary N) is 1. The van der Waals surface area contributed by atoms with Crippen molar-refractivity contribution in [1.29, 1.82) is 0 Å². The maximum Gasteiger partial charge on any atom is 0.303 e. The number of aryl methyl sites for hydroxylation is 1. The Morgan fingerprint density at radius 1 is 1.24 bits per heavy atom. The molecule has 4 heteroatoms. The first-order chi connectivity index (χ1) is 10.1. The van der Waals surface area contributed by atoms with Gasteiger partial charge in [-0.2, -0.15) is 0 Å². The molecule has 4 nitrogen and oxygen atoms in total. The molecule has 2 bridgehead atoms. The van der Waals surface area contributed by atoms with E-state index in [9.17, 15) is 9.59 Å². The van der Waals surface area contributed by atoms with Gasteiger partial charge in [-0.05, 0) is 55.2 Å². The zero-order valence-corrected chi connectivity index (χ0v) is 12.0. The first kappa shape index (κ1) is 14.1. The van der Waals surface area contributed by atoms with E-state index in [0.717, 1.165) is 23.6 Å². The Labute approximate surface area is 124 Å². The number of carbonyl (C=O) groups excluding carboxylic acids is 1. The summed E-state index contributed by atoms with van der Waals surface area (Å²) in [4.78, 5) is 23.0. The Hall–Kier alpha value is -1.84. The molecule has 21 heavy (non-hydrogen) atoms. The maximum atomic E-state index is 12.4. The molecule has 3 atom stereocenters. The third kappa shape index (κ3) is 3.26. The lowest BCUT2D eigenvalue weighted by Crippen LogP contribution is -2.27. The third-order valence-electron chi connectivity index (χ3n) is 4.90. The van der Waals surface area contributed by atoms with Crippen molar-refractivity contribution in [3.05, 3.63) is 29.8 Å². The molecule has 1 aromatic rings. The molecule has 0 aromatic heterocycles. The minimum atomic E-state index is -0.800. The smallest absolute Gasteiger partial charge is 0.303 e. The average Bonchev–Trinajstić information content (AvgIpc) is 3.08. The predicted molar refractivity (Wildman–Crippen MR) is 80.0 cm³/mol. The first-order valence-corrected chi connectivity index (χ1v) is 7.73. The van der Waals surface area contributed by atoms with Crippen molar-refractivity contribution < 1.29 is 14.7 Å².